The summed E-state index contributed by atoms with van der Waals surface area (Å²) in [6.07, 6.45) is -0.465. The molecule has 0 aromatic heterocycles. The summed E-state index contributed by atoms with van der Waals surface area (Å²) in [5, 5.41) is 59.0. The van der Waals surface area contributed by atoms with Crippen LogP contribution in [-0.2, 0) is 57.1 Å². The zero-order valence-corrected chi connectivity index (χ0v) is 43.4. The summed E-state index contributed by atoms with van der Waals surface area (Å²) < 4.78 is 39.9. The van der Waals surface area contributed by atoms with Crippen molar-refractivity contribution in [1.82, 2.24) is 16.0 Å². The molecule has 1 heterocycles. The zero-order valence-electron chi connectivity index (χ0n) is 42.6. The average Bonchev–Trinajstić information content (AvgIpc) is 3.30. The maximum absolute atomic E-state index is 12.9. The molecule has 5 unspecified atom stereocenters. The Labute approximate surface area is 404 Å². The SMILES string of the molecule is CCC.CCCC.CCCC(C)CC.COCCOCCC(C)=O.COCCOCCSC[C@H](NC(=O)OCCOC)C(=O)NCC(=O)NC1C(O)CC(OC)(C(=O)[O-])OC1[C@H](O)[C@H](O)CO. The van der Waals surface area contributed by atoms with Crippen molar-refractivity contribution in [2.75, 3.05) is 106 Å². The number of carboxylic acid groups (broad SMARTS) is 1. The van der Waals surface area contributed by atoms with Crippen LogP contribution in [0.4, 0.5) is 4.79 Å². The van der Waals surface area contributed by atoms with E-state index in [0.29, 0.717) is 51.8 Å². The first-order valence-electron chi connectivity index (χ1n) is 23.2. The van der Waals surface area contributed by atoms with E-state index in [4.69, 9.17) is 37.9 Å². The maximum Gasteiger partial charge on any atom is 0.407 e. The van der Waals surface area contributed by atoms with Crippen LogP contribution in [0.2, 0.25) is 0 Å². The van der Waals surface area contributed by atoms with Crippen LogP contribution in [0.3, 0.4) is 0 Å². The number of carboxylic acids is 1. The van der Waals surface area contributed by atoms with Crippen molar-refractivity contribution in [3.05, 3.63) is 0 Å². The van der Waals surface area contributed by atoms with Gasteiger partial charge >= 0.3 is 6.09 Å². The molecule has 67 heavy (non-hydrogen) atoms. The second-order valence-electron chi connectivity index (χ2n) is 15.2. The zero-order chi connectivity index (χ0) is 52.1. The topological polar surface area (TPSA) is 299 Å². The van der Waals surface area contributed by atoms with Gasteiger partial charge in [0, 0.05) is 52.8 Å². The monoisotopic (exact) mass is 993 g/mol. The number of Topliss-reactive ketones (excluding diaryl/α,β-unsaturated/α-hetero) is 1. The minimum absolute atomic E-state index is 0.0638. The number of rotatable bonds is 31. The van der Waals surface area contributed by atoms with Crippen LogP contribution in [0.1, 0.15) is 107 Å². The van der Waals surface area contributed by atoms with Gasteiger partial charge in [0.25, 0.3) is 0 Å². The molecule has 0 saturated carbocycles. The number of aliphatic carboxylic acids is 1. The molecule has 0 aromatic carbocycles. The number of amides is 3. The summed E-state index contributed by atoms with van der Waals surface area (Å²) in [6.45, 7) is 18.2. The van der Waals surface area contributed by atoms with Crippen molar-refractivity contribution >= 4 is 41.4 Å². The number of nitrogens with one attached hydrogen (secondary N) is 3. The van der Waals surface area contributed by atoms with Crippen molar-refractivity contribution in [3.63, 3.8) is 0 Å². The van der Waals surface area contributed by atoms with Crippen molar-refractivity contribution < 1.29 is 87.4 Å². The molecule has 8 atom stereocenters. The van der Waals surface area contributed by atoms with Gasteiger partial charge in [0.15, 0.2) is 0 Å². The van der Waals surface area contributed by atoms with Gasteiger partial charge in [-0.15, -0.1) is 0 Å². The molecule has 1 saturated heterocycles. The van der Waals surface area contributed by atoms with E-state index in [1.165, 1.54) is 64.5 Å². The van der Waals surface area contributed by atoms with E-state index in [-0.39, 0.29) is 24.7 Å². The van der Waals surface area contributed by atoms with Gasteiger partial charge in [0.05, 0.1) is 71.5 Å². The predicted octanol–water partition coefficient (Wildman–Crippen LogP) is 1.37. The second kappa shape index (κ2) is 48.3. The van der Waals surface area contributed by atoms with E-state index in [9.17, 15) is 49.5 Å². The fraction of sp³-hybridized carbons (Fsp3) is 0.889. The standard InChI is InChI=1S/C24H43N3O15S.C7H14O3.C7H16.C4H10.C3H8/c1-37-4-6-40-8-9-43-13-14(26-23(36)41-7-5-38-2)21(33)25-11-17(31)27-18-15(29)10-24(39-3,22(34)35)42-20(18)19(32)16(30)12-28;1-7(8)3-4-10-6-5-9-2;1-4-6-7(3)5-2;1-3-4-2;1-3-2/h14-16,18-20,28-30,32H,4-13H2,1-3H3,(H,25,33)(H,26,36)(H,27,31)(H,34,35);3-6H2,1-2H3;7H,4-6H2,1-3H3;3-4H2,1-2H3;3H2,1-2H3/p-1/t14-,15?,16+,18?,19+,20?,24?;;;;/m0..../s1. The summed E-state index contributed by atoms with van der Waals surface area (Å²) in [7, 11) is 5.53. The molecule has 1 rings (SSSR count). The number of ketones is 1. The lowest BCUT2D eigenvalue weighted by molar-refractivity contribution is -0.378. The molecular weight excluding hydrogens is 903 g/mol. The Morgan fingerprint density at radius 2 is 1.39 bits per heavy atom. The number of ether oxygens (including phenoxy) is 8. The maximum atomic E-state index is 12.9. The van der Waals surface area contributed by atoms with Crippen LogP contribution in [-0.4, -0.2) is 198 Å². The Balaban J connectivity index is -0.000000670. The van der Waals surface area contributed by atoms with E-state index in [1.54, 1.807) is 14.0 Å². The number of carbonyl (C=O) groups is 5. The number of hydrogen-bond donors (Lipinski definition) is 7. The van der Waals surface area contributed by atoms with Crippen molar-refractivity contribution in [2.45, 2.75) is 149 Å². The smallest absolute Gasteiger partial charge is 0.407 e. The molecule has 21 nitrogen and oxygen atoms in total. The number of hydrogen-bond acceptors (Lipinski definition) is 19. The van der Waals surface area contributed by atoms with Gasteiger partial charge in [0.1, 0.15) is 42.7 Å². The van der Waals surface area contributed by atoms with Crippen LogP contribution in [0.25, 0.3) is 0 Å². The summed E-state index contributed by atoms with van der Waals surface area (Å²) in [5.41, 5.74) is 0. The van der Waals surface area contributed by atoms with Crippen LogP contribution in [0, 0.1) is 5.92 Å². The molecule has 1 aliphatic heterocycles. The second-order valence-corrected chi connectivity index (χ2v) is 16.4. The lowest BCUT2D eigenvalue weighted by Crippen LogP contribution is -2.69. The third-order valence-corrected chi connectivity index (χ3v) is 10.1. The Bertz CT molecular complexity index is 1210. The fourth-order valence-electron chi connectivity index (χ4n) is 4.93. The third-order valence-electron chi connectivity index (χ3n) is 9.11. The molecule has 0 radical (unpaired) electrons. The van der Waals surface area contributed by atoms with Gasteiger partial charge in [-0.3, -0.25) is 14.4 Å². The van der Waals surface area contributed by atoms with Gasteiger partial charge < -0.3 is 84.2 Å². The first-order chi connectivity index (χ1) is 31.9. The van der Waals surface area contributed by atoms with Gasteiger partial charge in [-0.25, -0.2) is 4.79 Å². The number of aliphatic hydroxyl groups excluding tert-OH is 4. The van der Waals surface area contributed by atoms with E-state index >= 15 is 0 Å². The molecular formula is C45H90N3O18S-. The van der Waals surface area contributed by atoms with Gasteiger partial charge in [-0.2, -0.15) is 11.8 Å². The van der Waals surface area contributed by atoms with Crippen LogP contribution in [0.5, 0.6) is 0 Å². The Kier molecular flexibility index (Phi) is 51.0. The first-order valence-corrected chi connectivity index (χ1v) is 24.3. The fourth-order valence-corrected chi connectivity index (χ4v) is 5.80. The van der Waals surface area contributed by atoms with E-state index in [0.717, 1.165) is 13.0 Å². The number of thioether (sulfide) groups is 1. The molecule has 0 spiro atoms. The van der Waals surface area contributed by atoms with Crippen molar-refractivity contribution in [2.24, 2.45) is 5.92 Å². The average molecular weight is 993 g/mol. The minimum atomic E-state index is -2.53. The summed E-state index contributed by atoms with van der Waals surface area (Å²) in [6, 6.07) is -2.64. The van der Waals surface area contributed by atoms with Crippen LogP contribution >= 0.6 is 11.8 Å². The van der Waals surface area contributed by atoms with E-state index in [1.807, 2.05) is 0 Å². The lowest BCUT2D eigenvalue weighted by atomic mass is 9.88. The van der Waals surface area contributed by atoms with Crippen LogP contribution in [0.15, 0.2) is 0 Å². The molecule has 7 N–H and O–H groups in total. The molecule has 1 fully saturated rings. The largest absolute Gasteiger partial charge is 0.544 e. The Morgan fingerprint density at radius 1 is 0.836 bits per heavy atom. The third kappa shape index (κ3) is 38.8. The van der Waals surface area contributed by atoms with Crippen LogP contribution < -0.4 is 21.1 Å². The molecule has 0 aliphatic carbocycles. The molecule has 3 amide bonds. The quantitative estimate of drug-likeness (QED) is 0.0483. The molecule has 400 valence electrons. The summed E-state index contributed by atoms with van der Waals surface area (Å²) in [5.74, 6) is -4.40. The molecule has 1 aliphatic rings. The van der Waals surface area contributed by atoms with Gasteiger partial charge in [-0.05, 0) is 12.8 Å². The molecule has 0 aromatic rings. The van der Waals surface area contributed by atoms with Gasteiger partial charge in [-0.1, -0.05) is 87.0 Å². The molecule has 0 bridgehead atoms. The highest BCUT2D eigenvalue weighted by atomic mass is 32.2. The van der Waals surface area contributed by atoms with Crippen molar-refractivity contribution in [3.8, 4) is 0 Å². The van der Waals surface area contributed by atoms with E-state index < -0.39 is 85.7 Å². The van der Waals surface area contributed by atoms with Gasteiger partial charge in [0.2, 0.25) is 17.6 Å². The summed E-state index contributed by atoms with van der Waals surface area (Å²) >= 11 is 1.29. The number of unbranched alkanes of at least 4 members (excludes halogenated alkanes) is 1. The number of aliphatic hydroxyl groups is 4. The number of alkyl carbamates (subject to hydrolysis) is 1. The normalized spacial score (nSPS) is 19.0. The first kappa shape index (κ1) is 70.8. The number of carbonyl (C=O) groups excluding carboxylic acids is 5. The lowest BCUT2D eigenvalue weighted by Gasteiger charge is -2.48. The highest BCUT2D eigenvalue weighted by molar-refractivity contribution is 7.99. The predicted molar refractivity (Wildman–Crippen MR) is 253 cm³/mol. The highest BCUT2D eigenvalue weighted by Gasteiger charge is 2.52. The summed E-state index contributed by atoms with van der Waals surface area (Å²) in [4.78, 5) is 59.8. The molecule has 22 heteroatoms. The minimum Gasteiger partial charge on any atom is -0.544 e. The Morgan fingerprint density at radius 3 is 1.84 bits per heavy atom. The number of methoxy groups -OCH3 is 4. The van der Waals surface area contributed by atoms with Crippen molar-refractivity contribution in [1.29, 1.82) is 0 Å². The van der Waals surface area contributed by atoms with E-state index in [2.05, 4.69) is 64.4 Å². The Hall–Kier alpha value is -2.74. The highest BCUT2D eigenvalue weighted by Crippen LogP contribution is 2.32.